The first-order valence-corrected chi connectivity index (χ1v) is 5.91. The Morgan fingerprint density at radius 3 is 2.90 bits per heavy atom. The number of anilines is 2. The van der Waals surface area contributed by atoms with E-state index in [1.54, 1.807) is 6.92 Å². The highest BCUT2D eigenvalue weighted by atomic mass is 16.4. The normalized spacial score (nSPS) is 10.9. The molecular weight excluding hydrogens is 260 g/mol. The fourth-order valence-electron chi connectivity index (χ4n) is 2.07. The number of aromatic amines is 1. The Morgan fingerprint density at radius 1 is 1.45 bits per heavy atom. The summed E-state index contributed by atoms with van der Waals surface area (Å²) in [5.41, 5.74) is 2.33. The topological polar surface area (TPSA) is 108 Å². The number of aromatic carboxylic acids is 1. The van der Waals surface area contributed by atoms with Gasteiger partial charge < -0.3 is 10.4 Å². The van der Waals surface area contributed by atoms with Crippen LogP contribution >= 0.6 is 0 Å². The van der Waals surface area contributed by atoms with Gasteiger partial charge in [-0.2, -0.15) is 10.2 Å². The molecular formula is C12H12N6O2. The minimum absolute atomic E-state index is 0.201. The maximum Gasteiger partial charge on any atom is 0.337 e. The van der Waals surface area contributed by atoms with Gasteiger partial charge in [-0.15, -0.1) is 0 Å². The number of nitrogens with one attached hydrogen (secondary N) is 2. The SMILES string of the molecule is Cc1cc(Nc2ncnn3cc(C(=O)O)c(C)c23)n[nH]1. The lowest BCUT2D eigenvalue weighted by Crippen LogP contribution is -2.00. The first-order valence-electron chi connectivity index (χ1n) is 5.91. The zero-order valence-electron chi connectivity index (χ0n) is 10.9. The molecule has 0 saturated carbocycles. The summed E-state index contributed by atoms with van der Waals surface area (Å²) in [5.74, 6) is 0.131. The largest absolute Gasteiger partial charge is 0.478 e. The van der Waals surface area contributed by atoms with Gasteiger partial charge in [-0.05, 0) is 19.4 Å². The fraction of sp³-hybridized carbons (Fsp3) is 0.167. The van der Waals surface area contributed by atoms with Crippen LogP contribution in [0.3, 0.4) is 0 Å². The molecule has 3 N–H and O–H groups in total. The average molecular weight is 272 g/mol. The van der Waals surface area contributed by atoms with Gasteiger partial charge in [-0.1, -0.05) is 0 Å². The van der Waals surface area contributed by atoms with Crippen molar-refractivity contribution in [1.29, 1.82) is 0 Å². The molecule has 0 aliphatic heterocycles. The molecule has 0 amide bonds. The standard InChI is InChI=1S/C12H12N6O2/c1-6-3-9(17-16-6)15-11-10-7(2)8(12(19)20)4-18(10)14-5-13-11/h3-5H,1-2H3,(H,19,20)(H2,13,14,15,16,17). The number of rotatable bonds is 3. The first-order chi connectivity index (χ1) is 9.56. The van der Waals surface area contributed by atoms with Crippen molar-refractivity contribution in [3.8, 4) is 0 Å². The molecule has 0 aliphatic carbocycles. The van der Waals surface area contributed by atoms with Crippen molar-refractivity contribution in [2.24, 2.45) is 0 Å². The summed E-state index contributed by atoms with van der Waals surface area (Å²) in [6, 6.07) is 1.83. The molecule has 3 aromatic heterocycles. The number of nitrogens with zero attached hydrogens (tertiary/aromatic N) is 4. The molecule has 0 bridgehead atoms. The van der Waals surface area contributed by atoms with E-state index in [4.69, 9.17) is 5.11 Å². The number of carbonyl (C=O) groups is 1. The van der Waals surface area contributed by atoms with E-state index in [-0.39, 0.29) is 5.56 Å². The molecule has 0 aliphatic rings. The van der Waals surface area contributed by atoms with Gasteiger partial charge >= 0.3 is 5.97 Å². The summed E-state index contributed by atoms with van der Waals surface area (Å²) in [7, 11) is 0. The van der Waals surface area contributed by atoms with Crippen molar-refractivity contribution in [2.75, 3.05) is 5.32 Å². The highest BCUT2D eigenvalue weighted by Gasteiger charge is 2.17. The second-order valence-electron chi connectivity index (χ2n) is 4.44. The predicted molar refractivity (Wildman–Crippen MR) is 71.3 cm³/mol. The highest BCUT2D eigenvalue weighted by Crippen LogP contribution is 2.24. The number of carboxylic acid groups (broad SMARTS) is 1. The lowest BCUT2D eigenvalue weighted by atomic mass is 10.2. The Kier molecular flexibility index (Phi) is 2.63. The van der Waals surface area contributed by atoms with E-state index in [0.717, 1.165) is 5.69 Å². The maximum absolute atomic E-state index is 11.2. The fourth-order valence-corrected chi connectivity index (χ4v) is 2.07. The third-order valence-electron chi connectivity index (χ3n) is 3.01. The van der Waals surface area contributed by atoms with Gasteiger partial charge in [0.2, 0.25) is 0 Å². The van der Waals surface area contributed by atoms with Gasteiger partial charge in [0.05, 0.1) is 5.56 Å². The molecule has 0 fully saturated rings. The summed E-state index contributed by atoms with van der Waals surface area (Å²) in [6.07, 6.45) is 2.83. The molecule has 0 saturated heterocycles. The zero-order valence-corrected chi connectivity index (χ0v) is 10.9. The number of hydrogen-bond donors (Lipinski definition) is 3. The molecule has 3 aromatic rings. The number of carboxylic acids is 1. The van der Waals surface area contributed by atoms with Crippen molar-refractivity contribution in [2.45, 2.75) is 13.8 Å². The van der Waals surface area contributed by atoms with Crippen LogP contribution in [0.25, 0.3) is 5.52 Å². The number of fused-ring (bicyclic) bond motifs is 1. The minimum atomic E-state index is -0.991. The van der Waals surface area contributed by atoms with Crippen LogP contribution in [-0.4, -0.2) is 35.9 Å². The maximum atomic E-state index is 11.2. The Morgan fingerprint density at radius 2 is 2.25 bits per heavy atom. The van der Waals surface area contributed by atoms with Crippen LogP contribution in [-0.2, 0) is 0 Å². The Bertz CT molecular complexity index is 803. The van der Waals surface area contributed by atoms with Crippen molar-refractivity contribution < 1.29 is 9.90 Å². The quantitative estimate of drug-likeness (QED) is 0.667. The van der Waals surface area contributed by atoms with E-state index in [1.807, 2.05) is 13.0 Å². The summed E-state index contributed by atoms with van der Waals surface area (Å²) in [6.45, 7) is 3.61. The molecule has 0 unspecified atom stereocenters. The minimum Gasteiger partial charge on any atom is -0.478 e. The Labute approximate surface area is 113 Å². The molecule has 0 aromatic carbocycles. The number of aryl methyl sites for hydroxylation is 2. The molecule has 3 rings (SSSR count). The van der Waals surface area contributed by atoms with Crippen LogP contribution < -0.4 is 5.32 Å². The van der Waals surface area contributed by atoms with Gasteiger partial charge in [0.15, 0.2) is 11.6 Å². The Balaban J connectivity index is 2.13. The molecule has 102 valence electrons. The summed E-state index contributed by atoms with van der Waals surface area (Å²) in [5, 5.41) is 23.1. The van der Waals surface area contributed by atoms with E-state index >= 15 is 0 Å². The van der Waals surface area contributed by atoms with Crippen molar-refractivity contribution in [3.05, 3.63) is 35.4 Å². The number of hydrogen-bond acceptors (Lipinski definition) is 5. The van der Waals surface area contributed by atoms with E-state index in [0.29, 0.717) is 22.7 Å². The zero-order chi connectivity index (χ0) is 14.3. The van der Waals surface area contributed by atoms with Crippen LogP contribution in [0.15, 0.2) is 18.6 Å². The van der Waals surface area contributed by atoms with Crippen LogP contribution in [0.4, 0.5) is 11.6 Å². The first kappa shape index (κ1) is 12.2. The van der Waals surface area contributed by atoms with Gasteiger partial charge in [-0.25, -0.2) is 14.3 Å². The van der Waals surface area contributed by atoms with Gasteiger partial charge in [0.25, 0.3) is 0 Å². The third-order valence-corrected chi connectivity index (χ3v) is 3.01. The smallest absolute Gasteiger partial charge is 0.337 e. The van der Waals surface area contributed by atoms with Crippen LogP contribution in [0.2, 0.25) is 0 Å². The van der Waals surface area contributed by atoms with E-state index in [2.05, 4.69) is 25.6 Å². The second kappa shape index (κ2) is 4.34. The van der Waals surface area contributed by atoms with Gasteiger partial charge in [0.1, 0.15) is 11.8 Å². The summed E-state index contributed by atoms with van der Waals surface area (Å²) in [4.78, 5) is 15.3. The average Bonchev–Trinajstić information content (AvgIpc) is 2.95. The van der Waals surface area contributed by atoms with Crippen LogP contribution in [0, 0.1) is 13.8 Å². The lowest BCUT2D eigenvalue weighted by Gasteiger charge is -2.04. The monoisotopic (exact) mass is 272 g/mol. The molecule has 8 nitrogen and oxygen atoms in total. The van der Waals surface area contributed by atoms with Crippen LogP contribution in [0.1, 0.15) is 21.6 Å². The van der Waals surface area contributed by atoms with Gasteiger partial charge in [-0.3, -0.25) is 5.10 Å². The van der Waals surface area contributed by atoms with E-state index in [1.165, 1.54) is 17.0 Å². The Hall–Kier alpha value is -2.90. The highest BCUT2D eigenvalue weighted by molar-refractivity contribution is 5.94. The molecule has 0 atom stereocenters. The lowest BCUT2D eigenvalue weighted by molar-refractivity contribution is 0.0696. The van der Waals surface area contributed by atoms with Crippen molar-refractivity contribution in [3.63, 3.8) is 0 Å². The molecule has 8 heteroatoms. The number of aromatic nitrogens is 5. The molecule has 0 spiro atoms. The number of H-pyrrole nitrogens is 1. The molecule has 20 heavy (non-hydrogen) atoms. The van der Waals surface area contributed by atoms with E-state index in [9.17, 15) is 4.79 Å². The second-order valence-corrected chi connectivity index (χ2v) is 4.44. The van der Waals surface area contributed by atoms with Crippen molar-refractivity contribution >= 4 is 23.1 Å². The third kappa shape index (κ3) is 1.87. The predicted octanol–water partition coefficient (Wildman–Crippen LogP) is 1.51. The van der Waals surface area contributed by atoms with E-state index < -0.39 is 5.97 Å². The molecule has 3 heterocycles. The van der Waals surface area contributed by atoms with Gasteiger partial charge in [0, 0.05) is 18.0 Å². The summed E-state index contributed by atoms with van der Waals surface area (Å²) < 4.78 is 1.49. The molecule has 0 radical (unpaired) electrons. The summed E-state index contributed by atoms with van der Waals surface area (Å²) >= 11 is 0. The van der Waals surface area contributed by atoms with Crippen LogP contribution in [0.5, 0.6) is 0 Å². The van der Waals surface area contributed by atoms with Crippen molar-refractivity contribution in [1.82, 2.24) is 24.8 Å².